The largest absolute Gasteiger partial charge is 0.394 e. The Labute approximate surface area is 593 Å². The SMILES string of the molecule is CC/C=C\C/C=C\C/C=C\C/C=C\C/C=C\C/C=C\C/C=C\C/C=C\C/C=C\CCCCCC(=O)NC(COC1OC(CO)C(OC2OC(CO)C(OC3OC(CO)C(O)C(O)C3O)C(O)C2O)C(O)C1O)C(O)/C=C/CC/C=C/CC/C=C/CCCCCCCCCCCCCCC. The van der Waals surface area contributed by atoms with Crippen LogP contribution in [0.25, 0.3) is 0 Å². The first kappa shape index (κ1) is 88.9. The highest BCUT2D eigenvalue weighted by Gasteiger charge is 2.53. The Hall–Kier alpha value is -4.33. The van der Waals surface area contributed by atoms with Crippen molar-refractivity contribution in [2.45, 2.75) is 324 Å². The van der Waals surface area contributed by atoms with Crippen molar-refractivity contribution in [1.82, 2.24) is 5.32 Å². The molecule has 0 aromatic heterocycles. The van der Waals surface area contributed by atoms with Gasteiger partial charge in [0.1, 0.15) is 73.2 Å². The Kier molecular flexibility index (Phi) is 53.1. The summed E-state index contributed by atoms with van der Waals surface area (Å²) in [7, 11) is 0. The zero-order valence-corrected chi connectivity index (χ0v) is 59.9. The number of carbonyl (C=O) groups is 1. The summed E-state index contributed by atoms with van der Waals surface area (Å²) in [4.78, 5) is 13.4. The topological polar surface area (TPSA) is 307 Å². The molecule has 0 saturated carbocycles. The van der Waals surface area contributed by atoms with Gasteiger partial charge in [-0.2, -0.15) is 0 Å². The summed E-state index contributed by atoms with van der Waals surface area (Å²) in [6, 6.07) is -1.03. The summed E-state index contributed by atoms with van der Waals surface area (Å²) in [5.41, 5.74) is 0. The molecule has 1 amide bonds. The number of rotatable bonds is 56. The monoisotopic (exact) mass is 1390 g/mol. The van der Waals surface area contributed by atoms with Gasteiger partial charge in [-0.15, -0.1) is 0 Å². The quantitative estimate of drug-likeness (QED) is 0.0199. The minimum atomic E-state index is -1.99. The standard InChI is InChI=1S/C80H131NO18/c1-3-5-7-9-11-13-15-17-19-21-23-25-27-28-29-30-31-32-33-34-36-38-40-42-44-46-48-50-52-54-56-58-68(86)81-63(64(85)57-55-53-51-49-47-45-43-41-39-37-35-26-24-22-20-18-16-14-12-10-8-6-4-2)62-94-78-74(92)71(89)76(66(60-83)96-78)99-80-75(93)72(90)77(67(61-84)97-80)98-79-73(91)70(88)69(87)65(59-82)95-79/h5,7,11,13,17,19,23,25,28-29,31-32,34,36,39-42,46-49,55,57,63-67,69-80,82-85,87-93H,3-4,6,8-10,12,14-16,18,20-22,24,26-27,30,33,35,37-38,43-45,50-54,56,58-62H2,1-2H3,(H,81,86)/b7-5-,13-11-,19-17-,25-23-,29-28-,32-31-,36-34-,41-39+,42-40-,48-46-,49-47+,57-55+. The van der Waals surface area contributed by atoms with E-state index in [2.05, 4.69) is 153 Å². The zero-order chi connectivity index (χ0) is 71.8. The molecule has 19 nitrogen and oxygen atoms in total. The van der Waals surface area contributed by atoms with Crippen molar-refractivity contribution in [3.05, 3.63) is 146 Å². The molecule has 0 spiro atoms. The molecule has 12 N–H and O–H groups in total. The van der Waals surface area contributed by atoms with Gasteiger partial charge in [0.2, 0.25) is 5.91 Å². The molecule has 19 heteroatoms. The maximum Gasteiger partial charge on any atom is 0.220 e. The number of allylic oxidation sites excluding steroid dienone is 23. The van der Waals surface area contributed by atoms with Crippen LogP contribution in [0.4, 0.5) is 0 Å². The number of unbranched alkanes of at least 4 members (excludes halogenated alkanes) is 18. The Morgan fingerprint density at radius 2 is 0.707 bits per heavy atom. The molecule has 0 radical (unpaired) electrons. The highest BCUT2D eigenvalue weighted by molar-refractivity contribution is 5.76. The highest BCUT2D eigenvalue weighted by Crippen LogP contribution is 2.33. The van der Waals surface area contributed by atoms with Crippen LogP contribution in [-0.2, 0) is 33.2 Å². The third kappa shape index (κ3) is 39.8. The summed E-state index contributed by atoms with van der Waals surface area (Å²) in [6.45, 7) is 1.56. The average Bonchev–Trinajstić information content (AvgIpc) is 0.577. The Morgan fingerprint density at radius 3 is 1.13 bits per heavy atom. The molecule has 3 heterocycles. The second-order valence-corrected chi connectivity index (χ2v) is 26.0. The molecule has 3 aliphatic heterocycles. The third-order valence-electron chi connectivity index (χ3n) is 17.6. The minimum Gasteiger partial charge on any atom is -0.394 e. The first-order valence-electron chi connectivity index (χ1n) is 37.6. The number of nitrogens with one attached hydrogen (secondary N) is 1. The number of carbonyl (C=O) groups excluding carboxylic acids is 1. The predicted molar refractivity (Wildman–Crippen MR) is 392 cm³/mol. The van der Waals surface area contributed by atoms with E-state index in [1.54, 1.807) is 6.08 Å². The number of hydrogen-bond acceptors (Lipinski definition) is 18. The normalized spacial score (nSPS) is 27.5. The Bertz CT molecular complexity index is 2360. The van der Waals surface area contributed by atoms with Gasteiger partial charge in [0.05, 0.1) is 38.6 Å². The lowest BCUT2D eigenvalue weighted by molar-refractivity contribution is -0.379. The molecule has 0 aromatic rings. The van der Waals surface area contributed by atoms with E-state index in [-0.39, 0.29) is 12.3 Å². The lowest BCUT2D eigenvalue weighted by Gasteiger charge is -2.48. The summed E-state index contributed by atoms with van der Waals surface area (Å²) in [6.07, 6.45) is 58.2. The molecule has 3 aliphatic rings. The summed E-state index contributed by atoms with van der Waals surface area (Å²) in [5.74, 6) is -0.327. The fourth-order valence-corrected chi connectivity index (χ4v) is 11.6. The predicted octanol–water partition coefficient (Wildman–Crippen LogP) is 11.5. The molecule has 564 valence electrons. The van der Waals surface area contributed by atoms with Crippen LogP contribution in [0.5, 0.6) is 0 Å². The van der Waals surface area contributed by atoms with Crippen molar-refractivity contribution in [2.24, 2.45) is 0 Å². The van der Waals surface area contributed by atoms with Gasteiger partial charge in [0.15, 0.2) is 18.9 Å². The van der Waals surface area contributed by atoms with E-state index in [1.165, 1.54) is 83.5 Å². The first-order valence-corrected chi connectivity index (χ1v) is 37.6. The van der Waals surface area contributed by atoms with E-state index >= 15 is 0 Å². The van der Waals surface area contributed by atoms with Gasteiger partial charge >= 0.3 is 0 Å². The van der Waals surface area contributed by atoms with E-state index in [0.29, 0.717) is 12.8 Å². The van der Waals surface area contributed by atoms with Crippen molar-refractivity contribution in [2.75, 3.05) is 26.4 Å². The van der Waals surface area contributed by atoms with E-state index < -0.39 is 131 Å². The van der Waals surface area contributed by atoms with Crippen molar-refractivity contribution < 1.29 is 89.4 Å². The highest BCUT2D eigenvalue weighted by atomic mass is 16.8. The Balaban J connectivity index is 1.45. The van der Waals surface area contributed by atoms with Crippen LogP contribution in [0.2, 0.25) is 0 Å². The maximum absolute atomic E-state index is 13.4. The third-order valence-corrected chi connectivity index (χ3v) is 17.6. The first-order chi connectivity index (χ1) is 48.3. The van der Waals surface area contributed by atoms with Crippen LogP contribution in [0.3, 0.4) is 0 Å². The number of hydrogen-bond donors (Lipinski definition) is 12. The molecule has 0 aliphatic carbocycles. The smallest absolute Gasteiger partial charge is 0.220 e. The molecular formula is C80H131NO18. The van der Waals surface area contributed by atoms with Gasteiger partial charge in [-0.25, -0.2) is 0 Å². The summed E-state index contributed by atoms with van der Waals surface area (Å²) < 4.78 is 34.3. The fraction of sp³-hybridized carbons (Fsp3) is 0.688. The molecule has 3 fully saturated rings. The molecule has 0 aromatic carbocycles. The second-order valence-electron chi connectivity index (χ2n) is 26.0. The van der Waals surface area contributed by atoms with Crippen LogP contribution >= 0.6 is 0 Å². The van der Waals surface area contributed by atoms with Crippen LogP contribution in [0.1, 0.15) is 219 Å². The van der Waals surface area contributed by atoms with Crippen LogP contribution < -0.4 is 5.32 Å². The molecule has 99 heavy (non-hydrogen) atoms. The van der Waals surface area contributed by atoms with Gasteiger partial charge in [-0.1, -0.05) is 243 Å². The lowest BCUT2D eigenvalue weighted by Crippen LogP contribution is -2.66. The van der Waals surface area contributed by atoms with Gasteiger partial charge < -0.3 is 89.9 Å². The molecule has 17 unspecified atom stereocenters. The van der Waals surface area contributed by atoms with E-state index in [9.17, 15) is 61.0 Å². The van der Waals surface area contributed by atoms with Gasteiger partial charge in [0.25, 0.3) is 0 Å². The molecular weight excluding hydrogens is 1260 g/mol. The summed E-state index contributed by atoms with van der Waals surface area (Å²) >= 11 is 0. The number of ether oxygens (including phenoxy) is 6. The second kappa shape index (κ2) is 59.1. The van der Waals surface area contributed by atoms with Gasteiger partial charge in [-0.3, -0.25) is 4.79 Å². The van der Waals surface area contributed by atoms with E-state index in [0.717, 1.165) is 103 Å². The van der Waals surface area contributed by atoms with Crippen molar-refractivity contribution >= 4 is 5.91 Å². The molecule has 3 saturated heterocycles. The van der Waals surface area contributed by atoms with Crippen molar-refractivity contribution in [3.63, 3.8) is 0 Å². The number of aliphatic hydroxyl groups is 11. The lowest BCUT2D eigenvalue weighted by atomic mass is 9.96. The molecule has 17 atom stereocenters. The maximum atomic E-state index is 13.4. The van der Waals surface area contributed by atoms with Crippen LogP contribution in [0, 0.1) is 0 Å². The summed E-state index contributed by atoms with van der Waals surface area (Å²) in [5, 5.41) is 121. The van der Waals surface area contributed by atoms with Gasteiger partial charge in [-0.05, 0) is 116 Å². The van der Waals surface area contributed by atoms with Gasteiger partial charge in [0, 0.05) is 6.42 Å². The van der Waals surface area contributed by atoms with Crippen LogP contribution in [-0.4, -0.2) is 193 Å². The number of aliphatic hydroxyl groups excluding tert-OH is 11. The zero-order valence-electron chi connectivity index (χ0n) is 59.9. The van der Waals surface area contributed by atoms with Crippen molar-refractivity contribution in [3.8, 4) is 0 Å². The minimum absolute atomic E-state index is 0.181. The van der Waals surface area contributed by atoms with E-state index in [1.807, 2.05) is 6.08 Å². The fourth-order valence-electron chi connectivity index (χ4n) is 11.6. The van der Waals surface area contributed by atoms with Crippen molar-refractivity contribution in [1.29, 1.82) is 0 Å². The molecule has 0 bridgehead atoms. The Morgan fingerprint density at radius 1 is 0.374 bits per heavy atom. The average molecular weight is 1390 g/mol. The van der Waals surface area contributed by atoms with E-state index in [4.69, 9.17) is 28.4 Å². The molecule has 3 rings (SSSR count). The number of amides is 1. The van der Waals surface area contributed by atoms with Crippen LogP contribution in [0.15, 0.2) is 146 Å².